The lowest BCUT2D eigenvalue weighted by Gasteiger charge is -2.35. The van der Waals surface area contributed by atoms with E-state index in [1.807, 2.05) is 0 Å². The Morgan fingerprint density at radius 3 is 2.00 bits per heavy atom. The van der Waals surface area contributed by atoms with Crippen molar-refractivity contribution in [1.29, 1.82) is 0 Å². The highest BCUT2D eigenvalue weighted by Crippen LogP contribution is 2.14. The molecule has 0 aliphatic heterocycles. The van der Waals surface area contributed by atoms with Gasteiger partial charge in [-0.1, -0.05) is 34.1 Å². The summed E-state index contributed by atoms with van der Waals surface area (Å²) in [5.41, 5.74) is 0.224. The van der Waals surface area contributed by atoms with Gasteiger partial charge in [0.2, 0.25) is 0 Å². The van der Waals surface area contributed by atoms with Gasteiger partial charge >= 0.3 is 0 Å². The smallest absolute Gasteiger partial charge is 0.0105 e. The maximum Gasteiger partial charge on any atom is 0.0105 e. The van der Waals surface area contributed by atoms with E-state index >= 15 is 0 Å². The fourth-order valence-corrected chi connectivity index (χ4v) is 2.11. The van der Waals surface area contributed by atoms with Crippen LogP contribution < -0.4 is 5.32 Å². The second-order valence-electron chi connectivity index (χ2n) is 6.95. The first-order chi connectivity index (χ1) is 8.21. The van der Waals surface area contributed by atoms with Gasteiger partial charge in [0.15, 0.2) is 0 Å². The third-order valence-corrected chi connectivity index (χ3v) is 4.00. The first-order valence-corrected chi connectivity index (χ1v) is 7.70. The van der Waals surface area contributed by atoms with Crippen molar-refractivity contribution < 1.29 is 0 Å². The highest BCUT2D eigenvalue weighted by atomic mass is 15.2. The second kappa shape index (κ2) is 8.16. The molecule has 0 rings (SSSR count). The predicted octanol–water partition coefficient (Wildman–Crippen LogP) is 3.77. The summed E-state index contributed by atoms with van der Waals surface area (Å²) in [6.45, 7) is 21.9. The Labute approximate surface area is 116 Å². The molecule has 0 aromatic carbocycles. The minimum atomic E-state index is 0.224. The van der Waals surface area contributed by atoms with Gasteiger partial charge in [0.1, 0.15) is 0 Å². The standard InChI is InChI=1S/C16H36N2/c1-9-13(3)12-18(10-2)15(5)14(4)11-17-16(6,7)8/h13-15,17H,9-12H2,1-8H3. The molecule has 0 amide bonds. The largest absolute Gasteiger partial charge is 0.312 e. The maximum atomic E-state index is 3.62. The molecule has 0 fully saturated rings. The molecule has 0 saturated carbocycles. The molecule has 2 heteroatoms. The second-order valence-corrected chi connectivity index (χ2v) is 6.95. The van der Waals surface area contributed by atoms with Gasteiger partial charge in [0, 0.05) is 18.1 Å². The summed E-state index contributed by atoms with van der Waals surface area (Å²) in [5.74, 6) is 1.49. The molecule has 18 heavy (non-hydrogen) atoms. The fourth-order valence-electron chi connectivity index (χ4n) is 2.11. The SMILES string of the molecule is CCC(C)CN(CC)C(C)C(C)CNC(C)(C)C. The van der Waals surface area contributed by atoms with Gasteiger partial charge in [-0.25, -0.2) is 0 Å². The van der Waals surface area contributed by atoms with Crippen molar-refractivity contribution in [2.45, 2.75) is 73.4 Å². The van der Waals surface area contributed by atoms with E-state index in [1.165, 1.54) is 13.0 Å². The molecule has 0 heterocycles. The van der Waals surface area contributed by atoms with E-state index in [0.717, 1.165) is 19.0 Å². The van der Waals surface area contributed by atoms with Crippen molar-refractivity contribution in [3.05, 3.63) is 0 Å². The van der Waals surface area contributed by atoms with Crippen LogP contribution in [0.1, 0.15) is 61.8 Å². The van der Waals surface area contributed by atoms with Gasteiger partial charge in [-0.05, 0) is 52.6 Å². The minimum Gasteiger partial charge on any atom is -0.312 e. The van der Waals surface area contributed by atoms with Crippen molar-refractivity contribution in [2.24, 2.45) is 11.8 Å². The number of nitrogens with one attached hydrogen (secondary N) is 1. The zero-order valence-corrected chi connectivity index (χ0v) is 14.0. The fraction of sp³-hybridized carbons (Fsp3) is 1.00. The van der Waals surface area contributed by atoms with Crippen LogP contribution in [0.5, 0.6) is 0 Å². The van der Waals surface area contributed by atoms with Crippen LogP contribution in [-0.2, 0) is 0 Å². The summed E-state index contributed by atoms with van der Waals surface area (Å²) in [6, 6.07) is 0.652. The van der Waals surface area contributed by atoms with Gasteiger partial charge in [0.25, 0.3) is 0 Å². The normalized spacial score (nSPS) is 17.8. The van der Waals surface area contributed by atoms with Crippen LogP contribution in [0, 0.1) is 11.8 Å². The molecule has 3 atom stereocenters. The lowest BCUT2D eigenvalue weighted by Crippen LogP contribution is -2.46. The van der Waals surface area contributed by atoms with Gasteiger partial charge in [-0.2, -0.15) is 0 Å². The molecule has 1 N–H and O–H groups in total. The first kappa shape index (κ1) is 17.9. The number of nitrogens with zero attached hydrogens (tertiary/aromatic N) is 1. The Kier molecular flexibility index (Phi) is 8.13. The molecule has 0 aliphatic rings. The molecule has 3 unspecified atom stereocenters. The third kappa shape index (κ3) is 7.38. The van der Waals surface area contributed by atoms with E-state index < -0.39 is 0 Å². The minimum absolute atomic E-state index is 0.224. The Balaban J connectivity index is 4.26. The highest BCUT2D eigenvalue weighted by Gasteiger charge is 2.21. The van der Waals surface area contributed by atoms with Crippen molar-refractivity contribution in [1.82, 2.24) is 10.2 Å². The summed E-state index contributed by atoms with van der Waals surface area (Å²) >= 11 is 0. The van der Waals surface area contributed by atoms with Gasteiger partial charge in [-0.15, -0.1) is 0 Å². The summed E-state index contributed by atoms with van der Waals surface area (Å²) in [4.78, 5) is 2.63. The van der Waals surface area contributed by atoms with Gasteiger partial charge < -0.3 is 10.2 Å². The van der Waals surface area contributed by atoms with E-state index in [2.05, 4.69) is 65.6 Å². The van der Waals surface area contributed by atoms with E-state index in [1.54, 1.807) is 0 Å². The molecular weight excluding hydrogens is 220 g/mol. The van der Waals surface area contributed by atoms with Crippen molar-refractivity contribution in [2.75, 3.05) is 19.6 Å². The van der Waals surface area contributed by atoms with Crippen LogP contribution >= 0.6 is 0 Å². The molecular formula is C16H36N2. The lowest BCUT2D eigenvalue weighted by atomic mass is 9.98. The van der Waals surface area contributed by atoms with Crippen LogP contribution in [0.4, 0.5) is 0 Å². The molecule has 0 bridgehead atoms. The van der Waals surface area contributed by atoms with Crippen molar-refractivity contribution >= 4 is 0 Å². The van der Waals surface area contributed by atoms with Crippen LogP contribution in [0.3, 0.4) is 0 Å². The number of hydrogen-bond donors (Lipinski definition) is 1. The molecule has 0 aromatic heterocycles. The zero-order chi connectivity index (χ0) is 14.3. The summed E-state index contributed by atoms with van der Waals surface area (Å²) in [7, 11) is 0. The topological polar surface area (TPSA) is 15.3 Å². The Morgan fingerprint density at radius 2 is 1.61 bits per heavy atom. The Hall–Kier alpha value is -0.0800. The molecule has 110 valence electrons. The Bertz CT molecular complexity index is 208. The van der Waals surface area contributed by atoms with Gasteiger partial charge in [0.05, 0.1) is 0 Å². The molecule has 0 aliphatic carbocycles. The maximum absolute atomic E-state index is 3.62. The summed E-state index contributed by atoms with van der Waals surface area (Å²) < 4.78 is 0. The van der Waals surface area contributed by atoms with Crippen molar-refractivity contribution in [3.8, 4) is 0 Å². The van der Waals surface area contributed by atoms with Crippen LogP contribution in [0.25, 0.3) is 0 Å². The average molecular weight is 256 g/mol. The van der Waals surface area contributed by atoms with E-state index in [4.69, 9.17) is 0 Å². The molecule has 2 nitrogen and oxygen atoms in total. The van der Waals surface area contributed by atoms with E-state index in [0.29, 0.717) is 12.0 Å². The average Bonchev–Trinajstić information content (AvgIpc) is 2.30. The summed E-state index contributed by atoms with van der Waals surface area (Å²) in [6.07, 6.45) is 1.28. The first-order valence-electron chi connectivity index (χ1n) is 7.70. The third-order valence-electron chi connectivity index (χ3n) is 4.00. The zero-order valence-electron chi connectivity index (χ0n) is 14.0. The number of hydrogen-bond acceptors (Lipinski definition) is 2. The lowest BCUT2D eigenvalue weighted by molar-refractivity contribution is 0.141. The van der Waals surface area contributed by atoms with Crippen LogP contribution in [0.15, 0.2) is 0 Å². The quantitative estimate of drug-likeness (QED) is 0.711. The Morgan fingerprint density at radius 1 is 1.06 bits per heavy atom. The number of rotatable bonds is 8. The molecule has 0 radical (unpaired) electrons. The molecule has 0 saturated heterocycles. The predicted molar refractivity (Wildman–Crippen MR) is 83.1 cm³/mol. The molecule has 0 aromatic rings. The van der Waals surface area contributed by atoms with Crippen LogP contribution in [-0.4, -0.2) is 36.1 Å². The van der Waals surface area contributed by atoms with Gasteiger partial charge in [-0.3, -0.25) is 0 Å². The molecule has 0 spiro atoms. The summed E-state index contributed by atoms with van der Waals surface area (Å²) in [5, 5.41) is 3.62. The van der Waals surface area contributed by atoms with Crippen LogP contribution in [0.2, 0.25) is 0 Å². The monoisotopic (exact) mass is 256 g/mol. The van der Waals surface area contributed by atoms with Crippen molar-refractivity contribution in [3.63, 3.8) is 0 Å². The highest BCUT2D eigenvalue weighted by molar-refractivity contribution is 4.78. The van der Waals surface area contributed by atoms with E-state index in [-0.39, 0.29) is 5.54 Å². The van der Waals surface area contributed by atoms with E-state index in [9.17, 15) is 0 Å².